The molecular weight excluding hydrogens is 167 g/mol. The summed E-state index contributed by atoms with van der Waals surface area (Å²) in [5.74, 6) is 0. The van der Waals surface area contributed by atoms with Crippen molar-refractivity contribution in [1.82, 2.24) is 0 Å². The Morgan fingerprint density at radius 1 is 1.30 bits per heavy atom. The number of hydrogen-bond acceptors (Lipinski definition) is 0. The number of rotatable bonds is 5. The van der Waals surface area contributed by atoms with Crippen LogP contribution in [0, 0.1) is 0 Å². The molecule has 0 aromatic rings. The van der Waals surface area contributed by atoms with Gasteiger partial charge in [0.15, 0.2) is 0 Å². The van der Waals surface area contributed by atoms with Crippen molar-refractivity contribution in [2.75, 3.05) is 0 Å². The summed E-state index contributed by atoms with van der Waals surface area (Å²) in [6.45, 7) is 2.19. The van der Waals surface area contributed by atoms with Gasteiger partial charge in [0.05, 0.1) is 0 Å². The molecule has 0 aromatic heterocycles. The lowest BCUT2D eigenvalue weighted by atomic mass is 10.1. The molecule has 0 atom stereocenters. The van der Waals surface area contributed by atoms with E-state index in [1.807, 2.05) is 0 Å². The Balaban J connectivity index is 3.04. The molecule has 0 spiro atoms. The van der Waals surface area contributed by atoms with Gasteiger partial charge in [-0.25, -0.2) is 0 Å². The summed E-state index contributed by atoms with van der Waals surface area (Å²) in [7, 11) is 0. The van der Waals surface area contributed by atoms with Gasteiger partial charge in [0.2, 0.25) is 0 Å². The van der Waals surface area contributed by atoms with Crippen molar-refractivity contribution in [3.63, 3.8) is 0 Å². The zero-order valence-electron chi connectivity index (χ0n) is 6.37. The van der Waals surface area contributed by atoms with Crippen molar-refractivity contribution in [2.45, 2.75) is 39.0 Å². The van der Waals surface area contributed by atoms with E-state index in [1.54, 1.807) is 0 Å². The fraction of sp³-hybridized carbons (Fsp3) is 0.750. The maximum Gasteiger partial charge on any atom is 0.0293 e. The van der Waals surface area contributed by atoms with Crippen molar-refractivity contribution >= 4 is 23.2 Å². The highest BCUT2D eigenvalue weighted by Gasteiger charge is 1.91. The molecule has 0 radical (unpaired) electrons. The van der Waals surface area contributed by atoms with Gasteiger partial charge in [-0.05, 0) is 12.8 Å². The summed E-state index contributed by atoms with van der Waals surface area (Å²) in [5.41, 5.74) is 1.45. The molecule has 0 nitrogen and oxygen atoms in total. The fourth-order valence-electron chi connectivity index (χ4n) is 0.775. The van der Waals surface area contributed by atoms with E-state index < -0.39 is 0 Å². The predicted molar refractivity (Wildman–Crippen MR) is 48.5 cm³/mol. The van der Waals surface area contributed by atoms with Crippen molar-refractivity contribution in [3.05, 3.63) is 10.6 Å². The van der Waals surface area contributed by atoms with Gasteiger partial charge in [0.1, 0.15) is 0 Å². The zero-order valence-corrected chi connectivity index (χ0v) is 7.88. The summed E-state index contributed by atoms with van der Waals surface area (Å²) in [4.78, 5) is 0. The molecule has 0 aliphatic rings. The van der Waals surface area contributed by atoms with Crippen molar-refractivity contribution in [3.8, 4) is 0 Å². The minimum Gasteiger partial charge on any atom is -0.0917 e. The third kappa shape index (κ3) is 6.44. The van der Waals surface area contributed by atoms with Crippen LogP contribution in [-0.2, 0) is 0 Å². The minimum absolute atomic E-state index is 0.776. The third-order valence-corrected chi connectivity index (χ3v) is 2.06. The van der Waals surface area contributed by atoms with Gasteiger partial charge < -0.3 is 0 Å². The molecule has 0 amide bonds. The normalized spacial score (nSPS) is 12.1. The molecule has 10 heavy (non-hydrogen) atoms. The van der Waals surface area contributed by atoms with Crippen molar-refractivity contribution < 1.29 is 0 Å². The van der Waals surface area contributed by atoms with Gasteiger partial charge in [-0.1, -0.05) is 49.4 Å². The Morgan fingerprint density at radius 3 is 2.50 bits per heavy atom. The van der Waals surface area contributed by atoms with Crippen LogP contribution in [0.3, 0.4) is 0 Å². The van der Waals surface area contributed by atoms with Crippen LogP contribution in [0.15, 0.2) is 10.6 Å². The monoisotopic (exact) mass is 180 g/mol. The predicted octanol–water partition coefficient (Wildman–Crippen LogP) is 4.28. The highest BCUT2D eigenvalue weighted by Crippen LogP contribution is 2.13. The van der Waals surface area contributed by atoms with E-state index in [0.29, 0.717) is 0 Å². The molecule has 0 rings (SSSR count). The molecular formula is C8H14Cl2. The highest BCUT2D eigenvalue weighted by atomic mass is 35.5. The van der Waals surface area contributed by atoms with Crippen LogP contribution in [-0.4, -0.2) is 0 Å². The van der Waals surface area contributed by atoms with Gasteiger partial charge in [0.25, 0.3) is 0 Å². The van der Waals surface area contributed by atoms with Crippen LogP contribution in [0.1, 0.15) is 39.0 Å². The van der Waals surface area contributed by atoms with E-state index in [1.165, 1.54) is 24.8 Å². The molecule has 0 saturated carbocycles. The third-order valence-electron chi connectivity index (χ3n) is 1.39. The van der Waals surface area contributed by atoms with Gasteiger partial charge in [0, 0.05) is 10.6 Å². The summed E-state index contributed by atoms with van der Waals surface area (Å²) in [6.07, 6.45) is 5.92. The molecule has 0 fully saturated rings. The number of halogens is 2. The standard InChI is InChI=1S/C8H14Cl2/c1-2-3-4-5-6-8(10)7-9/h7H,2-6H2,1H3. The van der Waals surface area contributed by atoms with E-state index in [-0.39, 0.29) is 0 Å². The van der Waals surface area contributed by atoms with Gasteiger partial charge >= 0.3 is 0 Å². The maximum atomic E-state index is 5.67. The Labute approximate surface area is 73.2 Å². The smallest absolute Gasteiger partial charge is 0.0293 e. The first-order valence-corrected chi connectivity index (χ1v) is 4.57. The minimum atomic E-state index is 0.776. The molecule has 0 saturated heterocycles. The first-order valence-electron chi connectivity index (χ1n) is 3.76. The molecule has 0 aliphatic heterocycles. The summed E-state index contributed by atoms with van der Waals surface area (Å²) in [6, 6.07) is 0. The van der Waals surface area contributed by atoms with E-state index in [4.69, 9.17) is 23.2 Å². The second-order valence-corrected chi connectivity index (χ2v) is 3.07. The van der Waals surface area contributed by atoms with Crippen LogP contribution < -0.4 is 0 Å². The van der Waals surface area contributed by atoms with E-state index >= 15 is 0 Å². The lowest BCUT2D eigenvalue weighted by molar-refractivity contribution is 0.672. The second-order valence-electron chi connectivity index (χ2n) is 2.37. The lowest BCUT2D eigenvalue weighted by Crippen LogP contribution is -1.76. The zero-order chi connectivity index (χ0) is 7.82. The average Bonchev–Trinajstić information content (AvgIpc) is 1.98. The molecule has 60 valence electrons. The fourth-order valence-corrected chi connectivity index (χ4v) is 1.02. The Hall–Kier alpha value is 0.320. The van der Waals surface area contributed by atoms with Crippen molar-refractivity contribution in [2.24, 2.45) is 0 Å². The first kappa shape index (κ1) is 10.3. The molecule has 0 N–H and O–H groups in total. The Kier molecular flexibility index (Phi) is 7.66. The molecule has 0 aromatic carbocycles. The number of unbranched alkanes of at least 4 members (excludes halogenated alkanes) is 3. The summed E-state index contributed by atoms with van der Waals surface area (Å²) < 4.78 is 0. The van der Waals surface area contributed by atoms with Crippen LogP contribution in [0.25, 0.3) is 0 Å². The van der Waals surface area contributed by atoms with Gasteiger partial charge in [-0.3, -0.25) is 0 Å². The van der Waals surface area contributed by atoms with Gasteiger partial charge in [-0.2, -0.15) is 0 Å². The second kappa shape index (κ2) is 7.43. The molecule has 0 aliphatic carbocycles. The topological polar surface area (TPSA) is 0 Å². The SMILES string of the molecule is CCCCCCC(Cl)=CCl. The van der Waals surface area contributed by atoms with Crippen LogP contribution >= 0.6 is 23.2 Å². The molecule has 0 unspecified atom stereocenters. The van der Waals surface area contributed by atoms with Gasteiger partial charge in [-0.15, -0.1) is 0 Å². The van der Waals surface area contributed by atoms with Crippen LogP contribution in [0.2, 0.25) is 0 Å². The maximum absolute atomic E-state index is 5.67. The molecule has 0 heterocycles. The number of allylic oxidation sites excluding steroid dienone is 1. The van der Waals surface area contributed by atoms with Crippen LogP contribution in [0.5, 0.6) is 0 Å². The average molecular weight is 181 g/mol. The lowest BCUT2D eigenvalue weighted by Gasteiger charge is -1.96. The molecule has 0 bridgehead atoms. The van der Waals surface area contributed by atoms with E-state index in [9.17, 15) is 0 Å². The van der Waals surface area contributed by atoms with Crippen LogP contribution in [0.4, 0.5) is 0 Å². The Morgan fingerprint density at radius 2 is 2.00 bits per heavy atom. The quantitative estimate of drug-likeness (QED) is 0.555. The van der Waals surface area contributed by atoms with E-state index in [0.717, 1.165) is 17.9 Å². The van der Waals surface area contributed by atoms with Crippen molar-refractivity contribution in [1.29, 1.82) is 0 Å². The van der Waals surface area contributed by atoms with E-state index in [2.05, 4.69) is 6.92 Å². The highest BCUT2D eigenvalue weighted by molar-refractivity contribution is 6.36. The number of hydrogen-bond donors (Lipinski definition) is 0. The largest absolute Gasteiger partial charge is 0.0917 e. The molecule has 2 heteroatoms. The summed E-state index contributed by atoms with van der Waals surface area (Å²) in [5, 5.41) is 0.776. The summed E-state index contributed by atoms with van der Waals surface area (Å²) >= 11 is 11.0. The first-order chi connectivity index (χ1) is 4.81. The Bertz CT molecular complexity index is 97.4.